The van der Waals surface area contributed by atoms with Gasteiger partial charge in [0.15, 0.2) is 0 Å². The van der Waals surface area contributed by atoms with Gasteiger partial charge in [0, 0.05) is 18.0 Å². The van der Waals surface area contributed by atoms with Crippen LogP contribution < -0.4 is 15.2 Å². The standard InChI is InChI=1S/C12H16F3NO2.ClH/c1-17-8-3-4-11(18-2)9(7-8)10(16)5-6-12(13,14)15;/h3-4,7,10H,5-6,16H2,1-2H3;1H/t10-;/m0./s1. The Kier molecular flexibility index (Phi) is 7.00. The van der Waals surface area contributed by atoms with E-state index in [9.17, 15) is 13.2 Å². The molecular formula is C12H17ClF3NO2. The van der Waals surface area contributed by atoms with E-state index in [0.29, 0.717) is 17.1 Å². The maximum absolute atomic E-state index is 12.1. The number of nitrogens with two attached hydrogens (primary N) is 1. The Labute approximate surface area is 116 Å². The summed E-state index contributed by atoms with van der Waals surface area (Å²) >= 11 is 0. The average molecular weight is 300 g/mol. The van der Waals surface area contributed by atoms with Gasteiger partial charge in [-0.2, -0.15) is 13.2 Å². The van der Waals surface area contributed by atoms with Gasteiger partial charge in [-0.05, 0) is 24.6 Å². The average Bonchev–Trinajstić information content (AvgIpc) is 2.34. The van der Waals surface area contributed by atoms with Crippen molar-refractivity contribution in [2.45, 2.75) is 25.1 Å². The number of methoxy groups -OCH3 is 2. The summed E-state index contributed by atoms with van der Waals surface area (Å²) in [5.41, 5.74) is 6.28. The summed E-state index contributed by atoms with van der Waals surface area (Å²) in [4.78, 5) is 0. The maximum Gasteiger partial charge on any atom is 0.389 e. The number of rotatable bonds is 5. The fraction of sp³-hybridized carbons (Fsp3) is 0.500. The van der Waals surface area contributed by atoms with E-state index in [4.69, 9.17) is 15.2 Å². The van der Waals surface area contributed by atoms with E-state index in [1.165, 1.54) is 14.2 Å². The summed E-state index contributed by atoms with van der Waals surface area (Å²) in [6.45, 7) is 0. The largest absolute Gasteiger partial charge is 0.497 e. The molecule has 0 saturated heterocycles. The fourth-order valence-corrected chi connectivity index (χ4v) is 1.60. The Balaban J connectivity index is 0.00000324. The van der Waals surface area contributed by atoms with Crippen LogP contribution in [0.1, 0.15) is 24.4 Å². The van der Waals surface area contributed by atoms with Gasteiger partial charge in [0.2, 0.25) is 0 Å². The third-order valence-corrected chi connectivity index (χ3v) is 2.58. The van der Waals surface area contributed by atoms with Gasteiger partial charge < -0.3 is 15.2 Å². The van der Waals surface area contributed by atoms with Gasteiger partial charge in [0.1, 0.15) is 11.5 Å². The second kappa shape index (κ2) is 7.45. The van der Waals surface area contributed by atoms with E-state index < -0.39 is 18.6 Å². The maximum atomic E-state index is 12.1. The first-order valence-corrected chi connectivity index (χ1v) is 5.41. The van der Waals surface area contributed by atoms with Crippen molar-refractivity contribution in [3.8, 4) is 11.5 Å². The Morgan fingerprint density at radius 3 is 2.32 bits per heavy atom. The number of ether oxygens (including phenoxy) is 2. The molecule has 2 N–H and O–H groups in total. The van der Waals surface area contributed by atoms with Crippen molar-refractivity contribution >= 4 is 12.4 Å². The summed E-state index contributed by atoms with van der Waals surface area (Å²) in [5.74, 6) is 0.999. The highest BCUT2D eigenvalue weighted by Crippen LogP contribution is 2.32. The topological polar surface area (TPSA) is 44.5 Å². The quantitative estimate of drug-likeness (QED) is 0.905. The minimum Gasteiger partial charge on any atom is -0.497 e. The molecule has 110 valence electrons. The highest BCUT2D eigenvalue weighted by atomic mass is 35.5. The summed E-state index contributed by atoms with van der Waals surface area (Å²) in [7, 11) is 2.93. The van der Waals surface area contributed by atoms with E-state index in [1.807, 2.05) is 0 Å². The third kappa shape index (κ3) is 5.57. The molecule has 0 fully saturated rings. The van der Waals surface area contributed by atoms with Crippen molar-refractivity contribution in [1.82, 2.24) is 0 Å². The molecule has 1 atom stereocenters. The van der Waals surface area contributed by atoms with Crippen LogP contribution in [0.4, 0.5) is 13.2 Å². The van der Waals surface area contributed by atoms with Gasteiger partial charge in [-0.15, -0.1) is 12.4 Å². The molecule has 1 aromatic rings. The molecule has 3 nitrogen and oxygen atoms in total. The van der Waals surface area contributed by atoms with Crippen LogP contribution in [-0.2, 0) is 0 Å². The minimum atomic E-state index is -4.20. The summed E-state index contributed by atoms with van der Waals surface area (Å²) in [6, 6.07) is 4.15. The zero-order valence-electron chi connectivity index (χ0n) is 10.7. The number of hydrogen-bond acceptors (Lipinski definition) is 3. The molecule has 0 aromatic heterocycles. The Hall–Kier alpha value is -1.14. The first-order valence-electron chi connectivity index (χ1n) is 5.41. The molecule has 0 spiro atoms. The van der Waals surface area contributed by atoms with Crippen LogP contribution in [0.15, 0.2) is 18.2 Å². The van der Waals surface area contributed by atoms with Crippen LogP contribution in [0.25, 0.3) is 0 Å². The molecule has 1 rings (SSSR count). The Bertz CT molecular complexity index is 399. The van der Waals surface area contributed by atoms with Crippen LogP contribution in [0.2, 0.25) is 0 Å². The molecule has 0 aliphatic carbocycles. The molecule has 7 heteroatoms. The molecule has 0 amide bonds. The lowest BCUT2D eigenvalue weighted by Crippen LogP contribution is -2.16. The molecule has 0 radical (unpaired) electrons. The second-order valence-electron chi connectivity index (χ2n) is 3.87. The number of halogens is 4. The van der Waals surface area contributed by atoms with E-state index in [0.717, 1.165) is 0 Å². The normalized spacial score (nSPS) is 12.5. The first-order chi connectivity index (χ1) is 8.37. The number of hydrogen-bond donors (Lipinski definition) is 1. The zero-order valence-corrected chi connectivity index (χ0v) is 11.5. The van der Waals surface area contributed by atoms with Crippen molar-refractivity contribution in [3.63, 3.8) is 0 Å². The third-order valence-electron chi connectivity index (χ3n) is 2.58. The van der Waals surface area contributed by atoms with E-state index in [-0.39, 0.29) is 18.8 Å². The molecule has 0 saturated carbocycles. The van der Waals surface area contributed by atoms with E-state index in [1.54, 1.807) is 18.2 Å². The molecular weight excluding hydrogens is 283 g/mol. The van der Waals surface area contributed by atoms with Crippen LogP contribution in [0.5, 0.6) is 11.5 Å². The number of benzene rings is 1. The van der Waals surface area contributed by atoms with Gasteiger partial charge >= 0.3 is 6.18 Å². The highest BCUT2D eigenvalue weighted by molar-refractivity contribution is 5.85. The van der Waals surface area contributed by atoms with Gasteiger partial charge in [-0.25, -0.2) is 0 Å². The fourth-order valence-electron chi connectivity index (χ4n) is 1.60. The Morgan fingerprint density at radius 1 is 1.21 bits per heavy atom. The lowest BCUT2D eigenvalue weighted by Gasteiger charge is -2.17. The predicted molar refractivity (Wildman–Crippen MR) is 69.0 cm³/mol. The van der Waals surface area contributed by atoms with Crippen LogP contribution in [-0.4, -0.2) is 20.4 Å². The molecule has 0 bridgehead atoms. The SMILES string of the molecule is COc1ccc(OC)c([C@@H](N)CCC(F)(F)F)c1.Cl. The lowest BCUT2D eigenvalue weighted by atomic mass is 10.0. The molecule has 0 unspecified atom stereocenters. The minimum absolute atomic E-state index is 0. The smallest absolute Gasteiger partial charge is 0.389 e. The van der Waals surface area contributed by atoms with Gasteiger partial charge in [0.25, 0.3) is 0 Å². The Morgan fingerprint density at radius 2 is 1.84 bits per heavy atom. The van der Waals surface area contributed by atoms with E-state index in [2.05, 4.69) is 0 Å². The van der Waals surface area contributed by atoms with Crippen molar-refractivity contribution in [2.24, 2.45) is 5.73 Å². The van der Waals surface area contributed by atoms with Crippen LogP contribution in [0.3, 0.4) is 0 Å². The molecule has 0 aliphatic heterocycles. The zero-order chi connectivity index (χ0) is 13.8. The molecule has 1 aromatic carbocycles. The summed E-state index contributed by atoms with van der Waals surface area (Å²) in [6.07, 6.45) is -5.31. The van der Waals surface area contributed by atoms with Gasteiger partial charge in [0.05, 0.1) is 14.2 Å². The van der Waals surface area contributed by atoms with Crippen molar-refractivity contribution < 1.29 is 22.6 Å². The summed E-state index contributed by atoms with van der Waals surface area (Å²) in [5, 5.41) is 0. The summed E-state index contributed by atoms with van der Waals surface area (Å²) < 4.78 is 46.5. The molecule has 0 heterocycles. The van der Waals surface area contributed by atoms with Crippen LogP contribution >= 0.6 is 12.4 Å². The number of alkyl halides is 3. The van der Waals surface area contributed by atoms with Crippen LogP contribution in [0, 0.1) is 0 Å². The van der Waals surface area contributed by atoms with Crippen molar-refractivity contribution in [3.05, 3.63) is 23.8 Å². The molecule has 19 heavy (non-hydrogen) atoms. The lowest BCUT2D eigenvalue weighted by molar-refractivity contribution is -0.136. The van der Waals surface area contributed by atoms with Crippen molar-refractivity contribution in [1.29, 1.82) is 0 Å². The van der Waals surface area contributed by atoms with Crippen molar-refractivity contribution in [2.75, 3.05) is 14.2 Å². The monoisotopic (exact) mass is 299 g/mol. The van der Waals surface area contributed by atoms with Gasteiger partial charge in [-0.1, -0.05) is 0 Å². The molecule has 0 aliphatic rings. The van der Waals surface area contributed by atoms with Gasteiger partial charge in [-0.3, -0.25) is 0 Å². The highest BCUT2D eigenvalue weighted by Gasteiger charge is 2.28. The first kappa shape index (κ1) is 17.9. The van der Waals surface area contributed by atoms with E-state index >= 15 is 0 Å². The predicted octanol–water partition coefficient (Wildman–Crippen LogP) is 3.47. The second-order valence-corrected chi connectivity index (χ2v) is 3.87.